The molecule has 0 radical (unpaired) electrons. The number of benzene rings is 2. The number of aromatic carboxylic acids is 1. The maximum absolute atomic E-state index is 11.1. The summed E-state index contributed by atoms with van der Waals surface area (Å²) in [6.07, 6.45) is 0. The van der Waals surface area contributed by atoms with Crippen LogP contribution in [0.4, 0.5) is 0 Å². The van der Waals surface area contributed by atoms with Crippen molar-refractivity contribution >= 4 is 21.9 Å². The zero-order valence-corrected chi connectivity index (χ0v) is 12.7. The minimum atomic E-state index is -0.984. The van der Waals surface area contributed by atoms with Gasteiger partial charge < -0.3 is 14.6 Å². The zero-order chi connectivity index (χ0) is 14.8. The fraction of sp³-hybridized carbons (Fsp3) is 0.188. The third kappa shape index (κ3) is 2.88. The SMILES string of the molecule is O=C(O)c1cc(OCC2COc3ccccc32)ccc1Br. The number of carboxylic acid groups (broad SMARTS) is 1. The van der Waals surface area contributed by atoms with Crippen molar-refractivity contribution in [3.05, 3.63) is 58.1 Å². The largest absolute Gasteiger partial charge is 0.493 e. The van der Waals surface area contributed by atoms with Crippen LogP contribution < -0.4 is 9.47 Å². The summed E-state index contributed by atoms with van der Waals surface area (Å²) < 4.78 is 11.9. The Morgan fingerprint density at radius 2 is 2.14 bits per heavy atom. The van der Waals surface area contributed by atoms with E-state index in [1.165, 1.54) is 6.07 Å². The quantitative estimate of drug-likeness (QED) is 0.915. The number of hydrogen-bond donors (Lipinski definition) is 1. The van der Waals surface area contributed by atoms with Gasteiger partial charge in [-0.1, -0.05) is 18.2 Å². The van der Waals surface area contributed by atoms with E-state index in [4.69, 9.17) is 14.6 Å². The number of carboxylic acids is 1. The number of rotatable bonds is 4. The van der Waals surface area contributed by atoms with Crippen LogP contribution in [0.2, 0.25) is 0 Å². The van der Waals surface area contributed by atoms with Crippen LogP contribution in [-0.4, -0.2) is 24.3 Å². The molecule has 1 unspecified atom stereocenters. The third-order valence-electron chi connectivity index (χ3n) is 3.42. The fourth-order valence-electron chi connectivity index (χ4n) is 2.32. The summed E-state index contributed by atoms with van der Waals surface area (Å²) in [5.41, 5.74) is 1.32. The van der Waals surface area contributed by atoms with Crippen LogP contribution in [-0.2, 0) is 0 Å². The van der Waals surface area contributed by atoms with E-state index in [9.17, 15) is 4.79 Å². The summed E-state index contributed by atoms with van der Waals surface area (Å²) in [4.78, 5) is 11.1. The summed E-state index contributed by atoms with van der Waals surface area (Å²) in [6, 6.07) is 12.8. The van der Waals surface area contributed by atoms with Gasteiger partial charge in [0.15, 0.2) is 0 Å². The van der Waals surface area contributed by atoms with Crippen molar-refractivity contribution < 1.29 is 19.4 Å². The number of para-hydroxylation sites is 1. The van der Waals surface area contributed by atoms with Crippen molar-refractivity contribution in [2.24, 2.45) is 0 Å². The minimum Gasteiger partial charge on any atom is -0.493 e. The van der Waals surface area contributed by atoms with Gasteiger partial charge in [0.05, 0.1) is 24.7 Å². The molecule has 5 heteroatoms. The second-order valence-electron chi connectivity index (χ2n) is 4.80. The zero-order valence-electron chi connectivity index (χ0n) is 11.1. The van der Waals surface area contributed by atoms with E-state index in [1.54, 1.807) is 12.1 Å². The first-order chi connectivity index (χ1) is 10.1. The van der Waals surface area contributed by atoms with Crippen LogP contribution >= 0.6 is 15.9 Å². The molecule has 1 N–H and O–H groups in total. The van der Waals surface area contributed by atoms with Gasteiger partial charge >= 0.3 is 5.97 Å². The Morgan fingerprint density at radius 1 is 1.33 bits per heavy atom. The van der Waals surface area contributed by atoms with Crippen molar-refractivity contribution in [1.29, 1.82) is 0 Å². The molecule has 0 aliphatic carbocycles. The summed E-state index contributed by atoms with van der Waals surface area (Å²) in [5, 5.41) is 9.09. The lowest BCUT2D eigenvalue weighted by atomic mass is 10.0. The lowest BCUT2D eigenvalue weighted by molar-refractivity contribution is 0.0695. The molecular formula is C16H13BrO4. The van der Waals surface area contributed by atoms with Gasteiger partial charge in [-0.25, -0.2) is 4.79 Å². The van der Waals surface area contributed by atoms with Gasteiger partial charge in [-0.3, -0.25) is 0 Å². The summed E-state index contributed by atoms with van der Waals surface area (Å²) in [6.45, 7) is 1.04. The first-order valence-corrected chi connectivity index (χ1v) is 7.32. The second kappa shape index (κ2) is 5.77. The number of carbonyl (C=O) groups is 1. The molecule has 0 spiro atoms. The highest BCUT2D eigenvalue weighted by Gasteiger charge is 2.24. The van der Waals surface area contributed by atoms with Crippen LogP contribution in [0.3, 0.4) is 0 Å². The van der Waals surface area contributed by atoms with Crippen LogP contribution in [0.5, 0.6) is 11.5 Å². The molecular weight excluding hydrogens is 336 g/mol. The molecule has 0 fully saturated rings. The number of hydrogen-bond acceptors (Lipinski definition) is 3. The lowest BCUT2D eigenvalue weighted by Crippen LogP contribution is -2.12. The molecule has 1 heterocycles. The van der Waals surface area contributed by atoms with E-state index in [2.05, 4.69) is 15.9 Å². The summed E-state index contributed by atoms with van der Waals surface area (Å²) in [5.74, 6) is 0.619. The third-order valence-corrected chi connectivity index (χ3v) is 4.11. The number of halogens is 1. The number of ether oxygens (including phenoxy) is 2. The molecule has 21 heavy (non-hydrogen) atoms. The highest BCUT2D eigenvalue weighted by atomic mass is 79.9. The Morgan fingerprint density at radius 3 is 2.95 bits per heavy atom. The van der Waals surface area contributed by atoms with Crippen LogP contribution in [0, 0.1) is 0 Å². The maximum atomic E-state index is 11.1. The summed E-state index contributed by atoms with van der Waals surface area (Å²) in [7, 11) is 0. The topological polar surface area (TPSA) is 55.8 Å². The highest BCUT2D eigenvalue weighted by molar-refractivity contribution is 9.10. The predicted octanol–water partition coefficient (Wildman–Crippen LogP) is 3.70. The monoisotopic (exact) mass is 348 g/mol. The van der Waals surface area contributed by atoms with Crippen LogP contribution in [0.25, 0.3) is 0 Å². The molecule has 1 aliphatic rings. The molecule has 0 saturated carbocycles. The van der Waals surface area contributed by atoms with Crippen LogP contribution in [0.1, 0.15) is 21.8 Å². The molecule has 2 aromatic carbocycles. The Hall–Kier alpha value is -2.01. The minimum absolute atomic E-state index is 0.165. The Bertz CT molecular complexity index is 684. The van der Waals surface area contributed by atoms with E-state index in [1.807, 2.05) is 24.3 Å². The molecule has 1 atom stereocenters. The van der Waals surface area contributed by atoms with Crippen molar-refractivity contribution in [2.45, 2.75) is 5.92 Å². The van der Waals surface area contributed by atoms with E-state index in [0.29, 0.717) is 23.4 Å². The van der Waals surface area contributed by atoms with Crippen molar-refractivity contribution in [1.82, 2.24) is 0 Å². The molecule has 0 amide bonds. The standard InChI is InChI=1S/C16H13BrO4/c17-14-6-5-11(7-13(14)16(18)19)20-8-10-9-21-15-4-2-1-3-12(10)15/h1-7,10H,8-9H2,(H,18,19). The van der Waals surface area contributed by atoms with E-state index >= 15 is 0 Å². The van der Waals surface area contributed by atoms with Gasteiger partial charge in [0.1, 0.15) is 11.5 Å². The molecule has 1 aliphatic heterocycles. The Balaban J connectivity index is 1.72. The molecule has 0 saturated heterocycles. The molecule has 3 rings (SSSR count). The van der Waals surface area contributed by atoms with Crippen molar-refractivity contribution in [2.75, 3.05) is 13.2 Å². The van der Waals surface area contributed by atoms with E-state index in [0.717, 1.165) is 11.3 Å². The molecule has 0 aromatic heterocycles. The highest BCUT2D eigenvalue weighted by Crippen LogP contribution is 2.34. The van der Waals surface area contributed by atoms with E-state index < -0.39 is 5.97 Å². The first kappa shape index (κ1) is 13.9. The lowest BCUT2D eigenvalue weighted by Gasteiger charge is -2.12. The van der Waals surface area contributed by atoms with Crippen LogP contribution in [0.15, 0.2) is 46.9 Å². The predicted molar refractivity (Wildman–Crippen MR) is 81.3 cm³/mol. The smallest absolute Gasteiger partial charge is 0.336 e. The first-order valence-electron chi connectivity index (χ1n) is 6.52. The fourth-order valence-corrected chi connectivity index (χ4v) is 2.74. The molecule has 2 aromatic rings. The van der Waals surface area contributed by atoms with Crippen molar-refractivity contribution in [3.8, 4) is 11.5 Å². The van der Waals surface area contributed by atoms with Gasteiger partial charge in [0, 0.05) is 10.0 Å². The molecule has 0 bridgehead atoms. The average molecular weight is 349 g/mol. The summed E-state index contributed by atoms with van der Waals surface area (Å²) >= 11 is 3.21. The van der Waals surface area contributed by atoms with Gasteiger partial charge in [0.25, 0.3) is 0 Å². The van der Waals surface area contributed by atoms with Gasteiger partial charge in [-0.05, 0) is 40.2 Å². The molecule has 108 valence electrons. The Kier molecular flexibility index (Phi) is 3.84. The maximum Gasteiger partial charge on any atom is 0.336 e. The van der Waals surface area contributed by atoms with Gasteiger partial charge in [-0.15, -0.1) is 0 Å². The average Bonchev–Trinajstić information content (AvgIpc) is 2.89. The normalized spacial score (nSPS) is 16.1. The Labute approximate surface area is 130 Å². The van der Waals surface area contributed by atoms with Gasteiger partial charge in [0.2, 0.25) is 0 Å². The molecule has 4 nitrogen and oxygen atoms in total. The number of fused-ring (bicyclic) bond motifs is 1. The van der Waals surface area contributed by atoms with Crippen molar-refractivity contribution in [3.63, 3.8) is 0 Å². The second-order valence-corrected chi connectivity index (χ2v) is 5.66. The van der Waals surface area contributed by atoms with Gasteiger partial charge in [-0.2, -0.15) is 0 Å². The van der Waals surface area contributed by atoms with E-state index in [-0.39, 0.29) is 11.5 Å².